The third-order valence-corrected chi connectivity index (χ3v) is 3.81. The van der Waals surface area contributed by atoms with E-state index in [1.165, 1.54) is 5.56 Å². The van der Waals surface area contributed by atoms with Gasteiger partial charge in [0.25, 0.3) is 0 Å². The van der Waals surface area contributed by atoms with Gasteiger partial charge in [0, 0.05) is 24.7 Å². The van der Waals surface area contributed by atoms with Gasteiger partial charge in [-0.25, -0.2) is 0 Å². The zero-order valence-corrected chi connectivity index (χ0v) is 12.9. The summed E-state index contributed by atoms with van der Waals surface area (Å²) in [5.74, 6) is 0.652. The predicted molar refractivity (Wildman–Crippen MR) is 80.8 cm³/mol. The summed E-state index contributed by atoms with van der Waals surface area (Å²) in [5.41, 5.74) is 1.37. The highest BCUT2D eigenvalue weighted by atomic mass is 35.5. The zero-order valence-electron chi connectivity index (χ0n) is 12.1. The molecule has 1 saturated heterocycles. The smallest absolute Gasteiger partial charge is 0.0678 e. The third kappa shape index (κ3) is 4.79. The van der Waals surface area contributed by atoms with Gasteiger partial charge in [-0.05, 0) is 43.9 Å². The molecule has 1 aliphatic rings. The SMILES string of the molecule is CC(Cc1ccc(Cl)cc1)CN1CC(C)OC(C)C1. The number of benzene rings is 1. The lowest BCUT2D eigenvalue weighted by Gasteiger charge is -2.36. The molecule has 1 aromatic carbocycles. The zero-order chi connectivity index (χ0) is 13.8. The van der Waals surface area contributed by atoms with E-state index in [1.54, 1.807) is 0 Å². The van der Waals surface area contributed by atoms with Crippen molar-refractivity contribution in [1.82, 2.24) is 4.90 Å². The number of halogens is 1. The van der Waals surface area contributed by atoms with Crippen LogP contribution < -0.4 is 0 Å². The Morgan fingerprint density at radius 1 is 1.21 bits per heavy atom. The number of hydrogen-bond donors (Lipinski definition) is 0. The van der Waals surface area contributed by atoms with Crippen LogP contribution in [0.4, 0.5) is 0 Å². The second kappa shape index (κ2) is 6.74. The van der Waals surface area contributed by atoms with E-state index in [-0.39, 0.29) is 0 Å². The third-order valence-electron chi connectivity index (χ3n) is 3.56. The van der Waals surface area contributed by atoms with Crippen LogP contribution in [0.1, 0.15) is 26.3 Å². The van der Waals surface area contributed by atoms with Crippen LogP contribution in [0, 0.1) is 5.92 Å². The Morgan fingerprint density at radius 3 is 2.37 bits per heavy atom. The van der Waals surface area contributed by atoms with Gasteiger partial charge in [-0.2, -0.15) is 0 Å². The number of rotatable bonds is 4. The number of ether oxygens (including phenoxy) is 1. The van der Waals surface area contributed by atoms with E-state index in [1.807, 2.05) is 12.1 Å². The maximum Gasteiger partial charge on any atom is 0.0678 e. The first-order valence-corrected chi connectivity index (χ1v) is 7.53. The molecule has 0 bridgehead atoms. The van der Waals surface area contributed by atoms with Crippen molar-refractivity contribution in [1.29, 1.82) is 0 Å². The van der Waals surface area contributed by atoms with Crippen molar-refractivity contribution in [3.05, 3.63) is 34.9 Å². The van der Waals surface area contributed by atoms with Gasteiger partial charge in [0.15, 0.2) is 0 Å². The maximum absolute atomic E-state index is 5.91. The Labute approximate surface area is 121 Å². The van der Waals surface area contributed by atoms with Crippen molar-refractivity contribution >= 4 is 11.6 Å². The van der Waals surface area contributed by atoms with E-state index in [4.69, 9.17) is 16.3 Å². The first kappa shape index (κ1) is 14.8. The van der Waals surface area contributed by atoms with Gasteiger partial charge >= 0.3 is 0 Å². The molecular formula is C16H24ClNO. The predicted octanol–water partition coefficient (Wildman–Crippen LogP) is 3.63. The molecule has 1 heterocycles. The van der Waals surface area contributed by atoms with Crippen molar-refractivity contribution in [2.45, 2.75) is 39.4 Å². The van der Waals surface area contributed by atoms with Crippen LogP contribution in [0.15, 0.2) is 24.3 Å². The molecule has 1 aromatic rings. The molecule has 0 radical (unpaired) electrons. The average Bonchev–Trinajstić information content (AvgIpc) is 2.30. The molecule has 2 nitrogen and oxygen atoms in total. The molecule has 19 heavy (non-hydrogen) atoms. The number of morpholine rings is 1. The van der Waals surface area contributed by atoms with Gasteiger partial charge < -0.3 is 4.74 Å². The van der Waals surface area contributed by atoms with E-state index >= 15 is 0 Å². The van der Waals surface area contributed by atoms with Crippen molar-refractivity contribution < 1.29 is 4.74 Å². The highest BCUT2D eigenvalue weighted by molar-refractivity contribution is 6.30. The Kier molecular flexibility index (Phi) is 5.26. The minimum atomic E-state index is 0.353. The van der Waals surface area contributed by atoms with E-state index in [0.29, 0.717) is 18.1 Å². The number of hydrogen-bond acceptors (Lipinski definition) is 2. The summed E-state index contributed by atoms with van der Waals surface area (Å²) in [4.78, 5) is 2.53. The summed E-state index contributed by atoms with van der Waals surface area (Å²) in [6.45, 7) is 9.88. The Hall–Kier alpha value is -0.570. The van der Waals surface area contributed by atoms with Gasteiger partial charge in [0.2, 0.25) is 0 Å². The monoisotopic (exact) mass is 281 g/mol. The van der Waals surface area contributed by atoms with Crippen molar-refractivity contribution in [2.24, 2.45) is 5.92 Å². The van der Waals surface area contributed by atoms with Gasteiger partial charge in [-0.1, -0.05) is 30.7 Å². The molecule has 3 unspecified atom stereocenters. The summed E-state index contributed by atoms with van der Waals surface area (Å²) in [6, 6.07) is 8.21. The molecule has 0 N–H and O–H groups in total. The van der Waals surface area contributed by atoms with Gasteiger partial charge in [0.05, 0.1) is 12.2 Å². The quantitative estimate of drug-likeness (QED) is 0.836. The van der Waals surface area contributed by atoms with Crippen molar-refractivity contribution in [3.63, 3.8) is 0 Å². The lowest BCUT2D eigenvalue weighted by Crippen LogP contribution is -2.47. The normalized spacial score (nSPS) is 26.3. The van der Waals surface area contributed by atoms with Crippen LogP contribution in [-0.2, 0) is 11.2 Å². The van der Waals surface area contributed by atoms with Crippen LogP contribution in [0.25, 0.3) is 0 Å². The van der Waals surface area contributed by atoms with Crippen LogP contribution in [0.2, 0.25) is 5.02 Å². The van der Waals surface area contributed by atoms with Gasteiger partial charge in [-0.15, -0.1) is 0 Å². The summed E-state index contributed by atoms with van der Waals surface area (Å²) < 4.78 is 5.77. The summed E-state index contributed by atoms with van der Waals surface area (Å²) in [7, 11) is 0. The molecule has 106 valence electrons. The van der Waals surface area contributed by atoms with Crippen LogP contribution in [0.3, 0.4) is 0 Å². The van der Waals surface area contributed by atoms with E-state index < -0.39 is 0 Å². The molecule has 3 heteroatoms. The Morgan fingerprint density at radius 2 is 1.79 bits per heavy atom. The fraction of sp³-hybridized carbons (Fsp3) is 0.625. The van der Waals surface area contributed by atoms with E-state index in [2.05, 4.69) is 37.8 Å². The van der Waals surface area contributed by atoms with E-state index in [0.717, 1.165) is 31.1 Å². The summed E-state index contributed by atoms with van der Waals surface area (Å²) in [5, 5.41) is 0.812. The molecule has 0 saturated carbocycles. The molecule has 0 aromatic heterocycles. The molecule has 3 atom stereocenters. The summed E-state index contributed by atoms with van der Waals surface area (Å²) >= 11 is 5.91. The summed E-state index contributed by atoms with van der Waals surface area (Å²) in [6.07, 6.45) is 1.81. The highest BCUT2D eigenvalue weighted by Crippen LogP contribution is 2.16. The van der Waals surface area contributed by atoms with Crippen LogP contribution in [-0.4, -0.2) is 36.7 Å². The first-order valence-electron chi connectivity index (χ1n) is 7.15. The molecule has 0 spiro atoms. The molecule has 1 fully saturated rings. The van der Waals surface area contributed by atoms with Crippen molar-refractivity contribution in [2.75, 3.05) is 19.6 Å². The number of nitrogens with zero attached hydrogens (tertiary/aromatic N) is 1. The highest BCUT2D eigenvalue weighted by Gasteiger charge is 2.23. The fourth-order valence-corrected chi connectivity index (χ4v) is 3.09. The van der Waals surface area contributed by atoms with Crippen LogP contribution in [0.5, 0.6) is 0 Å². The molecule has 0 amide bonds. The maximum atomic E-state index is 5.91. The standard InChI is InChI=1S/C16H24ClNO/c1-12(8-15-4-6-16(17)7-5-15)9-18-10-13(2)19-14(3)11-18/h4-7,12-14H,8-11H2,1-3H3. The Bertz CT molecular complexity index is 382. The minimum Gasteiger partial charge on any atom is -0.373 e. The van der Waals surface area contributed by atoms with E-state index in [9.17, 15) is 0 Å². The lowest BCUT2D eigenvalue weighted by atomic mass is 10.00. The average molecular weight is 282 g/mol. The largest absolute Gasteiger partial charge is 0.373 e. The molecule has 2 rings (SSSR count). The fourth-order valence-electron chi connectivity index (χ4n) is 2.96. The second-order valence-corrected chi connectivity index (χ2v) is 6.35. The van der Waals surface area contributed by atoms with Crippen LogP contribution >= 0.6 is 11.6 Å². The van der Waals surface area contributed by atoms with Gasteiger partial charge in [0.1, 0.15) is 0 Å². The lowest BCUT2D eigenvalue weighted by molar-refractivity contribution is -0.0708. The molecule has 1 aliphatic heterocycles. The first-order chi connectivity index (χ1) is 9.02. The molecule has 0 aliphatic carbocycles. The van der Waals surface area contributed by atoms with Gasteiger partial charge in [-0.3, -0.25) is 4.90 Å². The van der Waals surface area contributed by atoms with Crippen molar-refractivity contribution in [3.8, 4) is 0 Å². The second-order valence-electron chi connectivity index (χ2n) is 5.91. The topological polar surface area (TPSA) is 12.5 Å². The molecular weight excluding hydrogens is 258 g/mol. The minimum absolute atomic E-state index is 0.353. The Balaban J connectivity index is 1.83.